The summed E-state index contributed by atoms with van der Waals surface area (Å²) < 4.78 is 44.4. The number of fused-ring (bicyclic) bond motifs is 1. The molecule has 0 saturated heterocycles. The van der Waals surface area contributed by atoms with E-state index in [2.05, 4.69) is 10.3 Å². The molecule has 1 atom stereocenters. The van der Waals surface area contributed by atoms with Gasteiger partial charge >= 0.3 is 0 Å². The van der Waals surface area contributed by atoms with Gasteiger partial charge in [-0.15, -0.1) is 0 Å². The van der Waals surface area contributed by atoms with Crippen LogP contribution >= 0.6 is 0 Å². The zero-order valence-corrected chi connectivity index (χ0v) is 13.0. The van der Waals surface area contributed by atoms with E-state index >= 15 is 0 Å². The summed E-state index contributed by atoms with van der Waals surface area (Å²) in [6, 6.07) is 9.12. The third-order valence-corrected chi connectivity index (χ3v) is 3.57. The maximum absolute atomic E-state index is 13.2. The molecule has 130 valence electrons. The van der Waals surface area contributed by atoms with E-state index in [1.807, 2.05) is 0 Å². The zero-order chi connectivity index (χ0) is 17.8. The molecule has 0 aliphatic carbocycles. The van der Waals surface area contributed by atoms with Gasteiger partial charge in [0.2, 0.25) is 0 Å². The minimum atomic E-state index is -1.01. The maximum atomic E-state index is 13.2. The number of rotatable bonds is 6. The number of ether oxygens (including phenoxy) is 1. The van der Waals surface area contributed by atoms with Crippen LogP contribution in [0.2, 0.25) is 0 Å². The molecule has 0 radical (unpaired) electrons. The monoisotopic (exact) mass is 348 g/mol. The molecule has 3 rings (SSSR count). The summed E-state index contributed by atoms with van der Waals surface area (Å²) in [5.41, 5.74) is 1.19. The first kappa shape index (κ1) is 17.0. The van der Waals surface area contributed by atoms with Crippen molar-refractivity contribution in [2.45, 2.75) is 6.10 Å². The van der Waals surface area contributed by atoms with Crippen LogP contribution < -0.4 is 10.1 Å². The van der Waals surface area contributed by atoms with E-state index in [1.54, 1.807) is 12.1 Å². The van der Waals surface area contributed by atoms with Crippen LogP contribution in [-0.4, -0.2) is 29.3 Å². The summed E-state index contributed by atoms with van der Waals surface area (Å²) >= 11 is 0. The molecular weight excluding hydrogens is 333 g/mol. The molecule has 1 unspecified atom stereocenters. The first-order valence-electron chi connectivity index (χ1n) is 7.57. The highest BCUT2D eigenvalue weighted by atomic mass is 19.2. The largest absolute Gasteiger partial charge is 0.491 e. The van der Waals surface area contributed by atoms with Crippen LogP contribution in [0.4, 0.5) is 18.9 Å². The third kappa shape index (κ3) is 4.19. The standard InChI is InChI=1S/C18H15F3N2O2/c19-11-1-3-14-17(5-6-22-18(14)7-11)23-9-12(24)10-25-13-2-4-15(20)16(21)8-13/h1-8,12,24H,9-10H2,(H,22,23). The normalized spacial score (nSPS) is 12.2. The zero-order valence-electron chi connectivity index (χ0n) is 13.0. The molecular formula is C18H15F3N2O2. The highest BCUT2D eigenvalue weighted by molar-refractivity contribution is 5.90. The lowest BCUT2D eigenvalue weighted by Crippen LogP contribution is -2.26. The lowest BCUT2D eigenvalue weighted by molar-refractivity contribution is 0.117. The van der Waals surface area contributed by atoms with Gasteiger partial charge in [-0.25, -0.2) is 13.2 Å². The van der Waals surface area contributed by atoms with Gasteiger partial charge in [0.15, 0.2) is 11.6 Å². The van der Waals surface area contributed by atoms with Gasteiger partial charge in [0, 0.05) is 35.9 Å². The van der Waals surface area contributed by atoms with Gasteiger partial charge in [0.05, 0.1) is 5.52 Å². The fraction of sp³-hybridized carbons (Fsp3) is 0.167. The highest BCUT2D eigenvalue weighted by Crippen LogP contribution is 2.22. The van der Waals surface area contributed by atoms with Gasteiger partial charge in [-0.05, 0) is 30.3 Å². The Bertz CT molecular complexity index is 889. The second-order valence-corrected chi connectivity index (χ2v) is 5.44. The van der Waals surface area contributed by atoms with Crippen LogP contribution in [0.15, 0.2) is 48.7 Å². The number of benzene rings is 2. The van der Waals surface area contributed by atoms with Crippen molar-refractivity contribution in [3.05, 3.63) is 66.1 Å². The Kier molecular flexibility index (Phi) is 5.04. The van der Waals surface area contributed by atoms with E-state index in [-0.39, 0.29) is 24.7 Å². The first-order valence-corrected chi connectivity index (χ1v) is 7.57. The molecule has 0 aliphatic heterocycles. The second kappa shape index (κ2) is 7.40. The van der Waals surface area contributed by atoms with Gasteiger partial charge in [0.1, 0.15) is 24.3 Å². The summed E-state index contributed by atoms with van der Waals surface area (Å²) in [5.74, 6) is -2.23. The van der Waals surface area contributed by atoms with Crippen molar-refractivity contribution in [1.29, 1.82) is 0 Å². The average molecular weight is 348 g/mol. The third-order valence-electron chi connectivity index (χ3n) is 3.57. The Labute approximate surface area is 141 Å². The van der Waals surface area contributed by atoms with Crippen molar-refractivity contribution in [1.82, 2.24) is 4.98 Å². The Balaban J connectivity index is 1.59. The number of pyridine rings is 1. The number of aromatic nitrogens is 1. The SMILES string of the molecule is OC(CNc1ccnc2cc(F)ccc12)COc1ccc(F)c(F)c1. The predicted molar refractivity (Wildman–Crippen MR) is 88.1 cm³/mol. The molecule has 25 heavy (non-hydrogen) atoms. The van der Waals surface area contributed by atoms with Crippen molar-refractivity contribution >= 4 is 16.6 Å². The smallest absolute Gasteiger partial charge is 0.162 e. The Morgan fingerprint density at radius 1 is 1.04 bits per heavy atom. The first-order chi connectivity index (χ1) is 12.0. The second-order valence-electron chi connectivity index (χ2n) is 5.44. The van der Waals surface area contributed by atoms with E-state index in [4.69, 9.17) is 4.74 Å². The van der Waals surface area contributed by atoms with Crippen molar-refractivity contribution < 1.29 is 23.0 Å². The lowest BCUT2D eigenvalue weighted by Gasteiger charge is -2.15. The molecule has 4 nitrogen and oxygen atoms in total. The van der Waals surface area contributed by atoms with Crippen molar-refractivity contribution in [2.75, 3.05) is 18.5 Å². The number of halogens is 3. The van der Waals surface area contributed by atoms with Gasteiger partial charge in [-0.2, -0.15) is 0 Å². The topological polar surface area (TPSA) is 54.4 Å². The van der Waals surface area contributed by atoms with Crippen LogP contribution in [0.25, 0.3) is 10.9 Å². The van der Waals surface area contributed by atoms with Gasteiger partial charge in [-0.3, -0.25) is 4.98 Å². The van der Waals surface area contributed by atoms with E-state index in [1.165, 1.54) is 24.4 Å². The molecule has 2 aromatic carbocycles. The fourth-order valence-electron chi connectivity index (χ4n) is 2.32. The van der Waals surface area contributed by atoms with Crippen molar-refractivity contribution in [2.24, 2.45) is 0 Å². The molecule has 3 aromatic rings. The Hall–Kier alpha value is -2.80. The molecule has 1 heterocycles. The van der Waals surface area contributed by atoms with Crippen LogP contribution in [-0.2, 0) is 0 Å². The number of nitrogens with zero attached hydrogens (tertiary/aromatic N) is 1. The van der Waals surface area contributed by atoms with Gasteiger partial charge in [-0.1, -0.05) is 0 Å². The molecule has 0 saturated carbocycles. The Morgan fingerprint density at radius 2 is 1.88 bits per heavy atom. The quantitative estimate of drug-likeness (QED) is 0.716. The van der Waals surface area contributed by atoms with E-state index in [0.717, 1.165) is 17.5 Å². The summed E-state index contributed by atoms with van der Waals surface area (Å²) in [5, 5.41) is 13.7. The predicted octanol–water partition coefficient (Wildman–Crippen LogP) is 3.50. The minimum absolute atomic E-state index is 0.101. The van der Waals surface area contributed by atoms with Gasteiger partial charge < -0.3 is 15.2 Å². The van der Waals surface area contributed by atoms with Crippen LogP contribution in [0.3, 0.4) is 0 Å². The lowest BCUT2D eigenvalue weighted by atomic mass is 10.2. The highest BCUT2D eigenvalue weighted by Gasteiger charge is 2.09. The maximum Gasteiger partial charge on any atom is 0.162 e. The van der Waals surface area contributed by atoms with E-state index < -0.39 is 17.7 Å². The molecule has 0 aliphatic rings. The molecule has 0 amide bonds. The molecule has 2 N–H and O–H groups in total. The van der Waals surface area contributed by atoms with Crippen molar-refractivity contribution in [3.63, 3.8) is 0 Å². The molecule has 0 spiro atoms. The number of aliphatic hydroxyl groups is 1. The average Bonchev–Trinajstić information content (AvgIpc) is 2.60. The van der Waals surface area contributed by atoms with E-state index in [9.17, 15) is 18.3 Å². The summed E-state index contributed by atoms with van der Waals surface area (Å²) in [6.07, 6.45) is 0.644. The minimum Gasteiger partial charge on any atom is -0.491 e. The molecule has 0 fully saturated rings. The Morgan fingerprint density at radius 3 is 2.68 bits per heavy atom. The summed E-state index contributed by atoms with van der Waals surface area (Å²) in [7, 11) is 0. The van der Waals surface area contributed by atoms with Gasteiger partial charge in [0.25, 0.3) is 0 Å². The number of hydrogen-bond donors (Lipinski definition) is 2. The number of nitrogens with one attached hydrogen (secondary N) is 1. The fourth-order valence-corrected chi connectivity index (χ4v) is 2.32. The van der Waals surface area contributed by atoms with Crippen LogP contribution in [0.5, 0.6) is 5.75 Å². The molecule has 1 aromatic heterocycles. The van der Waals surface area contributed by atoms with Crippen LogP contribution in [0, 0.1) is 17.5 Å². The number of hydrogen-bond acceptors (Lipinski definition) is 4. The van der Waals surface area contributed by atoms with Crippen molar-refractivity contribution in [3.8, 4) is 5.75 Å². The number of anilines is 1. The van der Waals surface area contributed by atoms with Crippen LogP contribution in [0.1, 0.15) is 0 Å². The number of aliphatic hydroxyl groups excluding tert-OH is 1. The molecule has 0 bridgehead atoms. The molecule has 7 heteroatoms. The summed E-state index contributed by atoms with van der Waals surface area (Å²) in [4.78, 5) is 4.09. The van der Waals surface area contributed by atoms with E-state index in [0.29, 0.717) is 11.2 Å². The summed E-state index contributed by atoms with van der Waals surface area (Å²) in [6.45, 7) is 0.0515.